The Bertz CT molecular complexity index is 1420. The first-order chi connectivity index (χ1) is 19.2. The standard InChI is InChI=1S/C30H35N3O6S/c1-4-22(2)31-30(35)23(3)32(20-24-11-7-5-8-12-24)29(34)21-33(40(36,37)26-13-9-6-10-14-26)25-15-16-27-28(19-25)39-18-17-38-27/h5-16,19,22-23H,4,17-18,20-21H2,1-3H3,(H,31,35). The van der Waals surface area contributed by atoms with Gasteiger partial charge in [0.2, 0.25) is 11.8 Å². The zero-order valence-electron chi connectivity index (χ0n) is 22.9. The van der Waals surface area contributed by atoms with Crippen molar-refractivity contribution >= 4 is 27.5 Å². The highest BCUT2D eigenvalue weighted by atomic mass is 32.2. The minimum Gasteiger partial charge on any atom is -0.486 e. The van der Waals surface area contributed by atoms with Gasteiger partial charge in [-0.25, -0.2) is 8.42 Å². The Labute approximate surface area is 235 Å². The molecule has 2 unspecified atom stereocenters. The van der Waals surface area contributed by atoms with Crippen LogP contribution in [0.3, 0.4) is 0 Å². The highest BCUT2D eigenvalue weighted by Crippen LogP contribution is 2.36. The second kappa shape index (κ2) is 12.9. The molecule has 1 aliphatic heterocycles. The second-order valence-corrected chi connectivity index (χ2v) is 11.5. The molecule has 2 amide bonds. The van der Waals surface area contributed by atoms with Crippen molar-refractivity contribution in [3.05, 3.63) is 84.4 Å². The van der Waals surface area contributed by atoms with Crippen LogP contribution < -0.4 is 19.1 Å². The molecule has 4 rings (SSSR count). The number of nitrogens with one attached hydrogen (secondary N) is 1. The number of anilines is 1. The molecule has 0 saturated carbocycles. The lowest BCUT2D eigenvalue weighted by atomic mass is 10.1. The lowest BCUT2D eigenvalue weighted by Gasteiger charge is -2.32. The first kappa shape index (κ1) is 28.9. The summed E-state index contributed by atoms with van der Waals surface area (Å²) in [5.74, 6) is 0.0619. The summed E-state index contributed by atoms with van der Waals surface area (Å²) in [4.78, 5) is 28.6. The molecule has 0 spiro atoms. The van der Waals surface area contributed by atoms with Crippen LogP contribution in [-0.2, 0) is 26.2 Å². The Morgan fingerprint density at radius 3 is 2.17 bits per heavy atom. The number of nitrogens with zero attached hydrogens (tertiary/aromatic N) is 2. The van der Waals surface area contributed by atoms with Crippen molar-refractivity contribution in [2.45, 2.75) is 50.7 Å². The van der Waals surface area contributed by atoms with Gasteiger partial charge in [-0.05, 0) is 50.1 Å². The molecule has 3 aromatic carbocycles. The van der Waals surface area contributed by atoms with E-state index in [4.69, 9.17) is 9.47 Å². The topological polar surface area (TPSA) is 105 Å². The molecule has 10 heteroatoms. The molecule has 0 aromatic heterocycles. The van der Waals surface area contributed by atoms with Crippen molar-refractivity contribution in [1.29, 1.82) is 0 Å². The number of rotatable bonds is 11. The molecule has 1 aliphatic rings. The molecular weight excluding hydrogens is 530 g/mol. The second-order valence-electron chi connectivity index (χ2n) is 9.65. The molecule has 40 heavy (non-hydrogen) atoms. The third kappa shape index (κ3) is 6.74. The van der Waals surface area contributed by atoms with E-state index in [0.29, 0.717) is 24.7 Å². The minimum atomic E-state index is -4.16. The molecule has 0 saturated heterocycles. The molecule has 0 aliphatic carbocycles. The molecule has 0 radical (unpaired) electrons. The molecular formula is C30H35N3O6S. The zero-order valence-corrected chi connectivity index (χ0v) is 23.8. The van der Waals surface area contributed by atoms with Gasteiger partial charge in [0.15, 0.2) is 11.5 Å². The van der Waals surface area contributed by atoms with Gasteiger partial charge < -0.3 is 19.7 Å². The number of carbonyl (C=O) groups excluding carboxylic acids is 2. The molecule has 2 atom stereocenters. The fourth-order valence-corrected chi connectivity index (χ4v) is 5.69. The van der Waals surface area contributed by atoms with Gasteiger partial charge in [-0.15, -0.1) is 0 Å². The lowest BCUT2D eigenvalue weighted by molar-refractivity contribution is -0.139. The van der Waals surface area contributed by atoms with Crippen LogP contribution in [-0.4, -0.2) is 57.0 Å². The monoisotopic (exact) mass is 565 g/mol. The first-order valence-electron chi connectivity index (χ1n) is 13.3. The van der Waals surface area contributed by atoms with E-state index in [1.807, 2.05) is 44.2 Å². The average molecular weight is 566 g/mol. The number of hydrogen-bond donors (Lipinski definition) is 1. The minimum absolute atomic E-state index is 0.0369. The summed E-state index contributed by atoms with van der Waals surface area (Å²) in [5.41, 5.74) is 1.06. The highest BCUT2D eigenvalue weighted by Gasteiger charge is 2.33. The van der Waals surface area contributed by atoms with Crippen molar-refractivity contribution in [3.63, 3.8) is 0 Å². The van der Waals surface area contributed by atoms with Crippen LogP contribution >= 0.6 is 0 Å². The fraction of sp³-hybridized carbons (Fsp3) is 0.333. The molecule has 0 bridgehead atoms. The summed E-state index contributed by atoms with van der Waals surface area (Å²) in [6.45, 7) is 5.83. The zero-order chi connectivity index (χ0) is 28.7. The number of carbonyl (C=O) groups is 2. The molecule has 0 fully saturated rings. The summed E-state index contributed by atoms with van der Waals surface area (Å²) in [7, 11) is -4.16. The maximum atomic E-state index is 14.0. The first-order valence-corrected chi connectivity index (χ1v) is 14.8. The van der Waals surface area contributed by atoms with Crippen molar-refractivity contribution in [3.8, 4) is 11.5 Å². The van der Waals surface area contributed by atoms with Crippen molar-refractivity contribution in [2.24, 2.45) is 0 Å². The van der Waals surface area contributed by atoms with Gasteiger partial charge in [0.25, 0.3) is 10.0 Å². The van der Waals surface area contributed by atoms with Crippen LogP contribution in [0.15, 0.2) is 83.8 Å². The van der Waals surface area contributed by atoms with Gasteiger partial charge >= 0.3 is 0 Å². The van der Waals surface area contributed by atoms with Crippen LogP contribution in [0.1, 0.15) is 32.8 Å². The van der Waals surface area contributed by atoms with Gasteiger partial charge in [0.1, 0.15) is 25.8 Å². The maximum Gasteiger partial charge on any atom is 0.264 e. The van der Waals surface area contributed by atoms with Gasteiger partial charge in [-0.1, -0.05) is 55.5 Å². The molecule has 212 valence electrons. The predicted octanol–water partition coefficient (Wildman–Crippen LogP) is 3.99. The Balaban J connectivity index is 1.71. The Morgan fingerprint density at radius 1 is 0.900 bits per heavy atom. The smallest absolute Gasteiger partial charge is 0.264 e. The van der Waals surface area contributed by atoms with E-state index in [-0.39, 0.29) is 29.1 Å². The van der Waals surface area contributed by atoms with E-state index in [1.165, 1.54) is 17.0 Å². The van der Waals surface area contributed by atoms with Gasteiger partial charge in [0.05, 0.1) is 10.6 Å². The summed E-state index contributed by atoms with van der Waals surface area (Å²) < 4.78 is 40.2. The summed E-state index contributed by atoms with van der Waals surface area (Å²) in [6, 6.07) is 21.1. The van der Waals surface area contributed by atoms with E-state index in [1.54, 1.807) is 43.3 Å². The number of benzene rings is 3. The van der Waals surface area contributed by atoms with E-state index in [0.717, 1.165) is 16.3 Å². The van der Waals surface area contributed by atoms with E-state index in [2.05, 4.69) is 5.32 Å². The summed E-state index contributed by atoms with van der Waals surface area (Å²) >= 11 is 0. The predicted molar refractivity (Wildman–Crippen MR) is 153 cm³/mol. The molecule has 9 nitrogen and oxygen atoms in total. The van der Waals surface area contributed by atoms with Crippen molar-refractivity contribution < 1.29 is 27.5 Å². The van der Waals surface area contributed by atoms with Crippen LogP contribution in [0.25, 0.3) is 0 Å². The summed E-state index contributed by atoms with van der Waals surface area (Å²) in [6.07, 6.45) is 0.734. The quantitative estimate of drug-likeness (QED) is 0.377. The number of sulfonamides is 1. The number of hydrogen-bond acceptors (Lipinski definition) is 6. The molecule has 1 N–H and O–H groups in total. The van der Waals surface area contributed by atoms with Crippen LogP contribution in [0.5, 0.6) is 11.5 Å². The largest absolute Gasteiger partial charge is 0.486 e. The maximum absolute atomic E-state index is 14.0. The Morgan fingerprint density at radius 2 is 1.52 bits per heavy atom. The SMILES string of the molecule is CCC(C)NC(=O)C(C)N(Cc1ccccc1)C(=O)CN(c1ccc2c(c1)OCCO2)S(=O)(=O)c1ccccc1. The molecule has 1 heterocycles. The average Bonchev–Trinajstić information content (AvgIpc) is 2.98. The van der Waals surface area contributed by atoms with Crippen molar-refractivity contribution in [1.82, 2.24) is 10.2 Å². The highest BCUT2D eigenvalue weighted by molar-refractivity contribution is 7.92. The number of amides is 2. The van der Waals surface area contributed by atoms with Crippen molar-refractivity contribution in [2.75, 3.05) is 24.1 Å². The van der Waals surface area contributed by atoms with Crippen LogP contribution in [0.4, 0.5) is 5.69 Å². The fourth-order valence-electron chi connectivity index (χ4n) is 4.26. The number of fused-ring (bicyclic) bond motifs is 1. The third-order valence-corrected chi connectivity index (χ3v) is 8.58. The van der Waals surface area contributed by atoms with E-state index >= 15 is 0 Å². The molecule has 3 aromatic rings. The third-order valence-electron chi connectivity index (χ3n) is 6.79. The van der Waals surface area contributed by atoms with E-state index in [9.17, 15) is 18.0 Å². The van der Waals surface area contributed by atoms with Gasteiger partial charge in [0, 0.05) is 18.7 Å². The Kier molecular flexibility index (Phi) is 9.31. The van der Waals surface area contributed by atoms with Gasteiger partial charge in [-0.3, -0.25) is 13.9 Å². The van der Waals surface area contributed by atoms with E-state index < -0.39 is 28.5 Å². The summed E-state index contributed by atoms with van der Waals surface area (Å²) in [5, 5.41) is 2.93. The van der Waals surface area contributed by atoms with Crippen LogP contribution in [0.2, 0.25) is 0 Å². The lowest BCUT2D eigenvalue weighted by Crippen LogP contribution is -2.52. The Hall–Kier alpha value is -4.05. The number of ether oxygens (including phenoxy) is 2. The van der Waals surface area contributed by atoms with Crippen LogP contribution in [0, 0.1) is 0 Å². The van der Waals surface area contributed by atoms with Gasteiger partial charge in [-0.2, -0.15) is 0 Å². The normalized spacial score (nSPS) is 14.1.